The molecule has 0 unspecified atom stereocenters. The van der Waals surface area contributed by atoms with Crippen molar-refractivity contribution in [3.05, 3.63) is 82.3 Å². The lowest BCUT2D eigenvalue weighted by molar-refractivity contribution is 0.415. The number of para-hydroxylation sites is 2. The van der Waals surface area contributed by atoms with E-state index in [4.69, 9.17) is 32.9 Å². The summed E-state index contributed by atoms with van der Waals surface area (Å²) in [4.78, 5) is 4.84. The van der Waals surface area contributed by atoms with E-state index >= 15 is 0 Å². The Labute approximate surface area is 161 Å². The van der Waals surface area contributed by atoms with Gasteiger partial charge in [0.25, 0.3) is 0 Å². The number of hydrogen-bond acceptors (Lipinski definition) is 2. The molecule has 0 fully saturated rings. The van der Waals surface area contributed by atoms with Crippen LogP contribution in [0, 0.1) is 0 Å². The average Bonchev–Trinajstić information content (AvgIpc) is 3.03. The Kier molecular flexibility index (Phi) is 4.58. The maximum atomic E-state index is 6.20. The second-order valence-corrected chi connectivity index (χ2v) is 6.81. The molecule has 5 heteroatoms. The van der Waals surface area contributed by atoms with Gasteiger partial charge in [-0.1, -0.05) is 53.5 Å². The highest BCUT2D eigenvalue weighted by atomic mass is 35.5. The van der Waals surface area contributed by atoms with Gasteiger partial charge in [0, 0.05) is 12.1 Å². The molecule has 1 heterocycles. The number of rotatable bonds is 4. The summed E-state index contributed by atoms with van der Waals surface area (Å²) >= 11 is 12.2. The van der Waals surface area contributed by atoms with Gasteiger partial charge < -0.3 is 9.30 Å². The summed E-state index contributed by atoms with van der Waals surface area (Å²) in [7, 11) is 1.66. The summed E-state index contributed by atoms with van der Waals surface area (Å²) in [6, 6.07) is 21.7. The zero-order valence-corrected chi connectivity index (χ0v) is 15.6. The van der Waals surface area contributed by atoms with Crippen LogP contribution in [0.15, 0.2) is 66.7 Å². The normalized spacial score (nSPS) is 11.0. The molecule has 0 saturated carbocycles. The first kappa shape index (κ1) is 17.0. The van der Waals surface area contributed by atoms with Crippen molar-refractivity contribution in [2.75, 3.05) is 7.11 Å². The van der Waals surface area contributed by atoms with E-state index in [2.05, 4.69) is 10.6 Å². The lowest BCUT2D eigenvalue weighted by Crippen LogP contribution is -2.02. The van der Waals surface area contributed by atoms with Gasteiger partial charge in [-0.25, -0.2) is 4.98 Å². The third-order valence-electron chi connectivity index (χ3n) is 4.31. The Hall–Kier alpha value is -2.49. The Morgan fingerprint density at radius 3 is 2.58 bits per heavy atom. The molecule has 0 amide bonds. The van der Waals surface area contributed by atoms with Crippen molar-refractivity contribution >= 4 is 34.2 Å². The van der Waals surface area contributed by atoms with Gasteiger partial charge >= 0.3 is 0 Å². The number of benzene rings is 3. The second-order valence-electron chi connectivity index (χ2n) is 5.99. The molecule has 3 nitrogen and oxygen atoms in total. The second kappa shape index (κ2) is 7.02. The zero-order valence-electron chi connectivity index (χ0n) is 14.1. The van der Waals surface area contributed by atoms with E-state index in [0.717, 1.165) is 33.7 Å². The molecule has 1 aromatic heterocycles. The first-order valence-corrected chi connectivity index (χ1v) is 8.95. The number of ether oxygens (including phenoxy) is 1. The third kappa shape index (κ3) is 3.16. The van der Waals surface area contributed by atoms with Crippen LogP contribution in [0.25, 0.3) is 22.4 Å². The molecule has 0 spiro atoms. The van der Waals surface area contributed by atoms with E-state index in [1.807, 2.05) is 60.7 Å². The molecular weight excluding hydrogens is 367 g/mol. The lowest BCUT2D eigenvalue weighted by Gasteiger charge is -2.11. The van der Waals surface area contributed by atoms with Crippen molar-refractivity contribution in [3.63, 3.8) is 0 Å². The molecule has 4 rings (SSSR count). The minimum absolute atomic E-state index is 0.552. The van der Waals surface area contributed by atoms with Crippen LogP contribution in [0.2, 0.25) is 10.0 Å². The van der Waals surface area contributed by atoms with Crippen molar-refractivity contribution in [1.82, 2.24) is 9.55 Å². The highest BCUT2D eigenvalue weighted by molar-refractivity contribution is 6.42. The van der Waals surface area contributed by atoms with Crippen LogP contribution in [0.4, 0.5) is 0 Å². The monoisotopic (exact) mass is 382 g/mol. The smallest absolute Gasteiger partial charge is 0.141 e. The Bertz CT molecular complexity index is 1090. The summed E-state index contributed by atoms with van der Waals surface area (Å²) < 4.78 is 7.55. The molecule has 0 aliphatic rings. The molecule has 0 N–H and O–H groups in total. The van der Waals surface area contributed by atoms with Crippen molar-refractivity contribution < 1.29 is 4.74 Å². The molecule has 130 valence electrons. The standard InChI is InChI=1S/C21H16Cl2N2O/c1-26-16-6-4-5-15(12-16)21-24-19-7-2-3-8-20(19)25(21)13-14-9-10-17(22)18(23)11-14/h2-12H,13H2,1H3. The number of methoxy groups -OCH3 is 1. The molecule has 0 bridgehead atoms. The largest absolute Gasteiger partial charge is 0.497 e. The molecule has 26 heavy (non-hydrogen) atoms. The summed E-state index contributed by atoms with van der Waals surface area (Å²) in [5.74, 6) is 1.69. The highest BCUT2D eigenvalue weighted by Crippen LogP contribution is 2.29. The third-order valence-corrected chi connectivity index (χ3v) is 5.05. The Balaban J connectivity index is 1.87. The van der Waals surface area contributed by atoms with E-state index < -0.39 is 0 Å². The van der Waals surface area contributed by atoms with E-state index in [-0.39, 0.29) is 0 Å². The van der Waals surface area contributed by atoms with Crippen LogP contribution < -0.4 is 4.74 Å². The van der Waals surface area contributed by atoms with Crippen LogP contribution in [-0.2, 0) is 6.54 Å². The molecule has 0 radical (unpaired) electrons. The lowest BCUT2D eigenvalue weighted by atomic mass is 10.2. The van der Waals surface area contributed by atoms with Gasteiger partial charge in [-0.3, -0.25) is 0 Å². The van der Waals surface area contributed by atoms with E-state index in [1.54, 1.807) is 7.11 Å². The SMILES string of the molecule is COc1cccc(-c2nc3ccccc3n2Cc2ccc(Cl)c(Cl)c2)c1. The molecule has 0 saturated heterocycles. The molecular formula is C21H16Cl2N2O. The van der Waals surface area contributed by atoms with E-state index in [1.165, 1.54) is 0 Å². The quantitative estimate of drug-likeness (QED) is 0.428. The van der Waals surface area contributed by atoms with Gasteiger partial charge in [0.2, 0.25) is 0 Å². The highest BCUT2D eigenvalue weighted by Gasteiger charge is 2.14. The van der Waals surface area contributed by atoms with Gasteiger partial charge in [-0.05, 0) is 42.0 Å². The maximum Gasteiger partial charge on any atom is 0.141 e. The van der Waals surface area contributed by atoms with E-state index in [9.17, 15) is 0 Å². The van der Waals surface area contributed by atoms with Crippen molar-refractivity contribution in [1.29, 1.82) is 0 Å². The maximum absolute atomic E-state index is 6.20. The van der Waals surface area contributed by atoms with Crippen molar-refractivity contribution in [2.24, 2.45) is 0 Å². The minimum Gasteiger partial charge on any atom is -0.497 e. The van der Waals surface area contributed by atoms with Gasteiger partial charge in [-0.2, -0.15) is 0 Å². The van der Waals surface area contributed by atoms with Crippen molar-refractivity contribution in [2.45, 2.75) is 6.54 Å². The van der Waals surface area contributed by atoms with Crippen molar-refractivity contribution in [3.8, 4) is 17.1 Å². The predicted molar refractivity (Wildman–Crippen MR) is 107 cm³/mol. The number of aromatic nitrogens is 2. The fourth-order valence-electron chi connectivity index (χ4n) is 3.04. The number of halogens is 2. The predicted octanol–water partition coefficient (Wildman–Crippen LogP) is 6.07. The Morgan fingerprint density at radius 2 is 1.77 bits per heavy atom. The van der Waals surface area contributed by atoms with E-state index in [0.29, 0.717) is 16.6 Å². The number of fused-ring (bicyclic) bond motifs is 1. The molecule has 3 aromatic carbocycles. The summed E-state index contributed by atoms with van der Waals surface area (Å²) in [5, 5.41) is 1.11. The van der Waals surface area contributed by atoms with Gasteiger partial charge in [0.05, 0.1) is 28.2 Å². The number of imidazole rings is 1. The molecule has 0 aliphatic heterocycles. The van der Waals surface area contributed by atoms with Crippen LogP contribution >= 0.6 is 23.2 Å². The number of hydrogen-bond donors (Lipinski definition) is 0. The summed E-state index contributed by atoms with van der Waals surface area (Å²) in [6.07, 6.45) is 0. The fraction of sp³-hybridized carbons (Fsp3) is 0.0952. The van der Waals surface area contributed by atoms with Crippen LogP contribution in [0.5, 0.6) is 5.75 Å². The van der Waals surface area contributed by atoms with Gasteiger partial charge in [0.15, 0.2) is 0 Å². The molecule has 4 aromatic rings. The first-order valence-electron chi connectivity index (χ1n) is 8.19. The topological polar surface area (TPSA) is 27.1 Å². The summed E-state index contributed by atoms with van der Waals surface area (Å²) in [6.45, 7) is 0.643. The first-order chi connectivity index (χ1) is 12.7. The van der Waals surface area contributed by atoms with Crippen LogP contribution in [0.3, 0.4) is 0 Å². The van der Waals surface area contributed by atoms with Crippen LogP contribution in [0.1, 0.15) is 5.56 Å². The fourth-order valence-corrected chi connectivity index (χ4v) is 3.36. The summed E-state index contributed by atoms with van der Waals surface area (Å²) in [5.41, 5.74) is 4.08. The van der Waals surface area contributed by atoms with Gasteiger partial charge in [-0.15, -0.1) is 0 Å². The Morgan fingerprint density at radius 1 is 0.923 bits per heavy atom. The van der Waals surface area contributed by atoms with Crippen LogP contribution in [-0.4, -0.2) is 16.7 Å². The average molecular weight is 383 g/mol. The minimum atomic E-state index is 0.552. The molecule has 0 aliphatic carbocycles. The molecule has 0 atom stereocenters. The zero-order chi connectivity index (χ0) is 18.1. The van der Waals surface area contributed by atoms with Gasteiger partial charge in [0.1, 0.15) is 11.6 Å². The number of nitrogens with zero attached hydrogens (tertiary/aromatic N) is 2.